The van der Waals surface area contributed by atoms with Crippen LogP contribution < -0.4 is 16.2 Å². The summed E-state index contributed by atoms with van der Waals surface area (Å²) >= 11 is 2.21. The van der Waals surface area contributed by atoms with Crippen LogP contribution in [0.25, 0.3) is 0 Å². The second-order valence-electron chi connectivity index (χ2n) is 2.74. The predicted molar refractivity (Wildman–Crippen MR) is 61.7 cm³/mol. The average molecular weight is 292 g/mol. The molecule has 1 aromatic rings. The number of hydrogen-bond acceptors (Lipinski definition) is 3. The summed E-state index contributed by atoms with van der Waals surface area (Å²) in [6.07, 6.45) is 0. The van der Waals surface area contributed by atoms with Crippen molar-refractivity contribution >= 4 is 22.6 Å². The second-order valence-corrected chi connectivity index (χ2v) is 3.90. The molecule has 72 valence electrons. The van der Waals surface area contributed by atoms with Crippen molar-refractivity contribution in [1.29, 1.82) is 0 Å². The van der Waals surface area contributed by atoms with E-state index in [-0.39, 0.29) is 6.04 Å². The summed E-state index contributed by atoms with van der Waals surface area (Å²) in [4.78, 5) is 0. The van der Waals surface area contributed by atoms with Gasteiger partial charge in [0.1, 0.15) is 5.75 Å². The molecule has 0 radical (unpaired) electrons. The highest BCUT2D eigenvalue weighted by Gasteiger charge is 2.06. The summed E-state index contributed by atoms with van der Waals surface area (Å²) in [7, 11) is 1.65. The number of halogens is 1. The maximum Gasteiger partial charge on any atom is 0.132 e. The van der Waals surface area contributed by atoms with Gasteiger partial charge in [-0.05, 0) is 40.3 Å². The van der Waals surface area contributed by atoms with Crippen LogP contribution in [-0.4, -0.2) is 13.7 Å². The van der Waals surface area contributed by atoms with Gasteiger partial charge in [0.25, 0.3) is 0 Å². The SMILES string of the molecule is COc1ccc([C@H](N)CN)cc1I. The quantitative estimate of drug-likeness (QED) is 0.824. The van der Waals surface area contributed by atoms with Gasteiger partial charge in [-0.15, -0.1) is 0 Å². The molecule has 0 aliphatic carbocycles. The fourth-order valence-electron chi connectivity index (χ4n) is 1.05. The van der Waals surface area contributed by atoms with Crippen LogP contribution in [0.5, 0.6) is 5.75 Å². The van der Waals surface area contributed by atoms with E-state index < -0.39 is 0 Å². The van der Waals surface area contributed by atoms with Crippen molar-refractivity contribution in [1.82, 2.24) is 0 Å². The largest absolute Gasteiger partial charge is 0.496 e. The topological polar surface area (TPSA) is 61.3 Å². The van der Waals surface area contributed by atoms with Gasteiger partial charge in [0.2, 0.25) is 0 Å². The predicted octanol–water partition coefficient (Wildman–Crippen LogP) is 1.26. The first-order valence-corrected chi connectivity index (χ1v) is 5.06. The fourth-order valence-corrected chi connectivity index (χ4v) is 1.81. The van der Waals surface area contributed by atoms with E-state index in [1.807, 2.05) is 18.2 Å². The summed E-state index contributed by atoms with van der Waals surface area (Å²) in [6, 6.07) is 5.77. The molecule has 0 fully saturated rings. The van der Waals surface area contributed by atoms with Crippen LogP contribution >= 0.6 is 22.6 Å². The van der Waals surface area contributed by atoms with Crippen molar-refractivity contribution in [2.75, 3.05) is 13.7 Å². The van der Waals surface area contributed by atoms with Crippen LogP contribution in [0.4, 0.5) is 0 Å². The van der Waals surface area contributed by atoms with Gasteiger partial charge in [0.05, 0.1) is 10.7 Å². The normalized spacial score (nSPS) is 12.6. The van der Waals surface area contributed by atoms with Gasteiger partial charge < -0.3 is 16.2 Å². The molecule has 0 heterocycles. The Bertz CT molecular complexity index is 291. The van der Waals surface area contributed by atoms with Crippen LogP contribution in [0.15, 0.2) is 18.2 Å². The highest BCUT2D eigenvalue weighted by atomic mass is 127. The Morgan fingerprint density at radius 3 is 2.69 bits per heavy atom. The van der Waals surface area contributed by atoms with Crippen LogP contribution in [-0.2, 0) is 0 Å². The second kappa shape index (κ2) is 4.78. The average Bonchev–Trinajstić information content (AvgIpc) is 2.16. The summed E-state index contributed by atoms with van der Waals surface area (Å²) in [5, 5.41) is 0. The summed E-state index contributed by atoms with van der Waals surface area (Å²) in [6.45, 7) is 0.461. The monoisotopic (exact) mass is 292 g/mol. The molecule has 13 heavy (non-hydrogen) atoms. The molecule has 0 saturated heterocycles. The van der Waals surface area contributed by atoms with Crippen LogP contribution in [0.2, 0.25) is 0 Å². The number of nitrogens with two attached hydrogens (primary N) is 2. The molecule has 1 rings (SSSR count). The number of methoxy groups -OCH3 is 1. The van der Waals surface area contributed by atoms with E-state index >= 15 is 0 Å². The Hall–Kier alpha value is -0.330. The molecule has 1 aromatic carbocycles. The van der Waals surface area contributed by atoms with Gasteiger partial charge in [0.15, 0.2) is 0 Å². The molecule has 0 bridgehead atoms. The van der Waals surface area contributed by atoms with Crippen LogP contribution in [0.1, 0.15) is 11.6 Å². The number of rotatable bonds is 3. The highest BCUT2D eigenvalue weighted by Crippen LogP contribution is 2.23. The molecule has 4 N–H and O–H groups in total. The van der Waals surface area contributed by atoms with E-state index in [2.05, 4.69) is 22.6 Å². The van der Waals surface area contributed by atoms with Gasteiger partial charge in [-0.3, -0.25) is 0 Å². The Kier molecular flexibility index (Phi) is 3.95. The first kappa shape index (κ1) is 10.7. The smallest absolute Gasteiger partial charge is 0.132 e. The third-order valence-electron chi connectivity index (χ3n) is 1.86. The van der Waals surface area contributed by atoms with Crippen molar-refractivity contribution in [3.63, 3.8) is 0 Å². The van der Waals surface area contributed by atoms with E-state index in [9.17, 15) is 0 Å². The number of benzene rings is 1. The molecule has 0 saturated carbocycles. The standard InChI is InChI=1S/C9H13IN2O/c1-13-9-3-2-6(4-7(9)10)8(12)5-11/h2-4,8H,5,11-12H2,1H3/t8-/m1/s1. The number of hydrogen-bond donors (Lipinski definition) is 2. The maximum absolute atomic E-state index is 5.79. The molecular weight excluding hydrogens is 279 g/mol. The summed E-state index contributed by atoms with van der Waals surface area (Å²) in [5.74, 6) is 0.869. The third-order valence-corrected chi connectivity index (χ3v) is 2.70. The Labute approximate surface area is 91.6 Å². The van der Waals surface area contributed by atoms with Crippen molar-refractivity contribution in [3.05, 3.63) is 27.3 Å². The van der Waals surface area contributed by atoms with Crippen molar-refractivity contribution in [2.24, 2.45) is 11.5 Å². The molecule has 0 spiro atoms. The van der Waals surface area contributed by atoms with Crippen molar-refractivity contribution < 1.29 is 4.74 Å². The molecule has 4 heteroatoms. The summed E-state index contributed by atoms with van der Waals surface area (Å²) in [5.41, 5.74) is 12.3. The van der Waals surface area contributed by atoms with Crippen molar-refractivity contribution in [2.45, 2.75) is 6.04 Å². The lowest BCUT2D eigenvalue weighted by molar-refractivity contribution is 0.411. The molecule has 0 aliphatic rings. The van der Waals surface area contributed by atoms with Gasteiger partial charge in [-0.1, -0.05) is 6.07 Å². The highest BCUT2D eigenvalue weighted by molar-refractivity contribution is 14.1. The minimum Gasteiger partial charge on any atom is -0.496 e. The lowest BCUT2D eigenvalue weighted by atomic mass is 10.1. The van der Waals surface area contributed by atoms with Gasteiger partial charge in [-0.2, -0.15) is 0 Å². The Morgan fingerprint density at radius 2 is 2.23 bits per heavy atom. The zero-order valence-corrected chi connectivity index (χ0v) is 9.61. The molecule has 0 aromatic heterocycles. The number of ether oxygens (including phenoxy) is 1. The molecule has 1 atom stereocenters. The zero-order valence-electron chi connectivity index (χ0n) is 7.46. The molecule has 0 amide bonds. The van der Waals surface area contributed by atoms with E-state index in [0.29, 0.717) is 6.54 Å². The lowest BCUT2D eigenvalue weighted by Gasteiger charge is -2.11. The van der Waals surface area contributed by atoms with E-state index in [0.717, 1.165) is 14.9 Å². The first-order valence-electron chi connectivity index (χ1n) is 3.98. The van der Waals surface area contributed by atoms with Crippen LogP contribution in [0, 0.1) is 3.57 Å². The van der Waals surface area contributed by atoms with Gasteiger partial charge in [0, 0.05) is 12.6 Å². The van der Waals surface area contributed by atoms with Gasteiger partial charge in [-0.25, -0.2) is 0 Å². The summed E-state index contributed by atoms with van der Waals surface area (Å²) < 4.78 is 6.19. The minimum absolute atomic E-state index is 0.0839. The van der Waals surface area contributed by atoms with E-state index in [1.54, 1.807) is 7.11 Å². The maximum atomic E-state index is 5.79. The zero-order chi connectivity index (χ0) is 9.84. The lowest BCUT2D eigenvalue weighted by Crippen LogP contribution is -2.20. The first-order chi connectivity index (χ1) is 6.19. The van der Waals surface area contributed by atoms with Gasteiger partial charge >= 0.3 is 0 Å². The van der Waals surface area contributed by atoms with E-state index in [1.165, 1.54) is 0 Å². The third kappa shape index (κ3) is 2.55. The van der Waals surface area contributed by atoms with Crippen LogP contribution in [0.3, 0.4) is 0 Å². The minimum atomic E-state index is -0.0839. The van der Waals surface area contributed by atoms with E-state index in [4.69, 9.17) is 16.2 Å². The Balaban J connectivity index is 2.95. The fraction of sp³-hybridized carbons (Fsp3) is 0.333. The van der Waals surface area contributed by atoms with Crippen molar-refractivity contribution in [3.8, 4) is 5.75 Å². The molecule has 0 unspecified atom stereocenters. The Morgan fingerprint density at radius 1 is 1.54 bits per heavy atom. The molecule has 3 nitrogen and oxygen atoms in total. The molecular formula is C9H13IN2O. The molecule has 0 aliphatic heterocycles.